The molecule has 5 nitrogen and oxygen atoms in total. The minimum Gasteiger partial charge on any atom is -0.494 e. The van der Waals surface area contributed by atoms with E-state index < -0.39 is 0 Å². The fraction of sp³-hybridized carbons (Fsp3) is 0.391. The summed E-state index contributed by atoms with van der Waals surface area (Å²) in [7, 11) is 0. The predicted octanol–water partition coefficient (Wildman–Crippen LogP) is 4.58. The van der Waals surface area contributed by atoms with E-state index in [9.17, 15) is 4.79 Å². The summed E-state index contributed by atoms with van der Waals surface area (Å²) in [6.45, 7) is 4.07. The van der Waals surface area contributed by atoms with Gasteiger partial charge in [-0.2, -0.15) is 0 Å². The maximum Gasteiger partial charge on any atom is 0.220 e. The Balaban J connectivity index is 1.47. The van der Waals surface area contributed by atoms with Crippen LogP contribution in [0.15, 0.2) is 54.6 Å². The number of aromatic nitrogens is 2. The quantitative estimate of drug-likeness (QED) is 0.566. The number of hydrogen-bond acceptors (Lipinski definition) is 3. The molecule has 1 atom stereocenters. The normalized spacial score (nSPS) is 16.6. The number of benzene rings is 2. The average molecular weight is 377 g/mol. The molecule has 0 bridgehead atoms. The van der Waals surface area contributed by atoms with Crippen molar-refractivity contribution in [3.05, 3.63) is 60.4 Å². The lowest BCUT2D eigenvalue weighted by molar-refractivity contribution is -0.129. The van der Waals surface area contributed by atoms with Crippen molar-refractivity contribution in [3.8, 4) is 5.75 Å². The van der Waals surface area contributed by atoms with Crippen molar-refractivity contribution in [2.24, 2.45) is 0 Å². The molecule has 4 rings (SSSR count). The number of unbranched alkanes of at least 4 members (excludes halogenated alkanes) is 1. The Morgan fingerprint density at radius 3 is 2.71 bits per heavy atom. The van der Waals surface area contributed by atoms with Gasteiger partial charge in [-0.25, -0.2) is 4.98 Å². The fourth-order valence-corrected chi connectivity index (χ4v) is 4.07. The summed E-state index contributed by atoms with van der Waals surface area (Å²) in [5.41, 5.74) is 2.16. The van der Waals surface area contributed by atoms with Gasteiger partial charge in [-0.3, -0.25) is 4.79 Å². The molecule has 146 valence electrons. The number of carbonyl (C=O) groups is 1. The van der Waals surface area contributed by atoms with Gasteiger partial charge in [0, 0.05) is 20.0 Å². The zero-order valence-electron chi connectivity index (χ0n) is 16.4. The summed E-state index contributed by atoms with van der Waals surface area (Å²) in [6, 6.07) is 18.3. The lowest BCUT2D eigenvalue weighted by Gasteiger charge is -2.24. The Morgan fingerprint density at radius 1 is 1.11 bits per heavy atom. The number of aryl methyl sites for hydroxylation is 1. The van der Waals surface area contributed by atoms with Gasteiger partial charge in [0.25, 0.3) is 0 Å². The van der Waals surface area contributed by atoms with Gasteiger partial charge in [-0.05, 0) is 49.9 Å². The number of fused-ring (bicyclic) bond motifs is 1. The van der Waals surface area contributed by atoms with E-state index in [1.165, 1.54) is 0 Å². The summed E-state index contributed by atoms with van der Waals surface area (Å²) in [5, 5.41) is 0. The Hall–Kier alpha value is -2.82. The van der Waals surface area contributed by atoms with E-state index in [0.717, 1.165) is 61.4 Å². The molecule has 0 saturated carbocycles. The largest absolute Gasteiger partial charge is 0.494 e. The number of likely N-dealkylation sites (tertiary alicyclic amines) is 1. The summed E-state index contributed by atoms with van der Waals surface area (Å²) in [6.07, 6.45) is 4.01. The van der Waals surface area contributed by atoms with Crippen molar-refractivity contribution in [3.63, 3.8) is 0 Å². The molecule has 0 radical (unpaired) electrons. The molecule has 0 N–H and O–H groups in total. The molecule has 2 heterocycles. The Kier molecular flexibility index (Phi) is 5.60. The molecular formula is C23H27N3O2. The lowest BCUT2D eigenvalue weighted by atomic mass is 10.2. The van der Waals surface area contributed by atoms with Gasteiger partial charge in [0.1, 0.15) is 11.6 Å². The zero-order chi connectivity index (χ0) is 19.3. The topological polar surface area (TPSA) is 47.4 Å². The van der Waals surface area contributed by atoms with Crippen molar-refractivity contribution < 1.29 is 9.53 Å². The lowest BCUT2D eigenvalue weighted by Crippen LogP contribution is -2.30. The number of nitrogens with zero attached hydrogens (tertiary/aromatic N) is 3. The molecule has 28 heavy (non-hydrogen) atoms. The minimum atomic E-state index is 0.0884. The highest BCUT2D eigenvalue weighted by Crippen LogP contribution is 2.33. The molecule has 0 aliphatic carbocycles. The van der Waals surface area contributed by atoms with Gasteiger partial charge in [0.05, 0.1) is 23.7 Å². The monoisotopic (exact) mass is 377 g/mol. The summed E-state index contributed by atoms with van der Waals surface area (Å²) >= 11 is 0. The maximum absolute atomic E-state index is 12.1. The standard InChI is InChI=1S/C23H27N3O2/c1-18(27)25-16-9-14-22(25)23-24-20-12-5-6-13-21(20)26(23)15-7-8-17-28-19-10-3-2-4-11-19/h2-6,10-13,22H,7-9,14-17H2,1H3/t22-/m0/s1. The molecule has 1 aromatic heterocycles. The van der Waals surface area contributed by atoms with Crippen molar-refractivity contribution in [2.75, 3.05) is 13.2 Å². The van der Waals surface area contributed by atoms with E-state index in [-0.39, 0.29) is 11.9 Å². The molecule has 5 heteroatoms. The third kappa shape index (κ3) is 3.88. The van der Waals surface area contributed by atoms with Crippen molar-refractivity contribution in [1.29, 1.82) is 0 Å². The molecule has 1 amide bonds. The first-order valence-electron chi connectivity index (χ1n) is 10.1. The number of rotatable bonds is 7. The predicted molar refractivity (Wildman–Crippen MR) is 110 cm³/mol. The smallest absolute Gasteiger partial charge is 0.220 e. The second-order valence-corrected chi connectivity index (χ2v) is 7.35. The molecule has 1 fully saturated rings. The van der Waals surface area contributed by atoms with Crippen molar-refractivity contribution in [2.45, 2.75) is 45.2 Å². The van der Waals surface area contributed by atoms with Crippen LogP contribution >= 0.6 is 0 Å². The van der Waals surface area contributed by atoms with Gasteiger partial charge in [0.2, 0.25) is 5.91 Å². The third-order valence-corrected chi connectivity index (χ3v) is 5.43. The Labute approximate surface area is 165 Å². The van der Waals surface area contributed by atoms with Gasteiger partial charge in [0.15, 0.2) is 0 Å². The Bertz CT molecular complexity index is 935. The zero-order valence-corrected chi connectivity index (χ0v) is 16.4. The van der Waals surface area contributed by atoms with Crippen LogP contribution < -0.4 is 4.74 Å². The van der Waals surface area contributed by atoms with Gasteiger partial charge < -0.3 is 14.2 Å². The van der Waals surface area contributed by atoms with E-state index in [0.29, 0.717) is 6.61 Å². The molecule has 1 aliphatic heterocycles. The van der Waals surface area contributed by atoms with E-state index in [1.54, 1.807) is 6.92 Å². The number of ether oxygens (including phenoxy) is 1. The average Bonchev–Trinajstić information content (AvgIpc) is 3.33. The second-order valence-electron chi connectivity index (χ2n) is 7.35. The highest BCUT2D eigenvalue weighted by Gasteiger charge is 2.31. The molecule has 0 unspecified atom stereocenters. The van der Waals surface area contributed by atoms with Crippen LogP contribution in [0.25, 0.3) is 11.0 Å². The van der Waals surface area contributed by atoms with Gasteiger partial charge in [-0.15, -0.1) is 0 Å². The highest BCUT2D eigenvalue weighted by atomic mass is 16.5. The first-order chi connectivity index (χ1) is 13.7. The number of amides is 1. The van der Waals surface area contributed by atoms with Crippen molar-refractivity contribution >= 4 is 16.9 Å². The maximum atomic E-state index is 12.1. The van der Waals surface area contributed by atoms with Crippen LogP contribution in [0.4, 0.5) is 0 Å². The first kappa shape index (κ1) is 18.5. The number of carbonyl (C=O) groups excluding carboxylic acids is 1. The van der Waals surface area contributed by atoms with Crippen LogP contribution in [-0.4, -0.2) is 33.5 Å². The molecule has 0 spiro atoms. The molecule has 2 aromatic carbocycles. The number of imidazole rings is 1. The summed E-state index contributed by atoms with van der Waals surface area (Å²) < 4.78 is 8.12. The summed E-state index contributed by atoms with van der Waals surface area (Å²) in [4.78, 5) is 18.9. The van der Waals surface area contributed by atoms with Crippen LogP contribution in [0, 0.1) is 0 Å². The van der Waals surface area contributed by atoms with Crippen LogP contribution in [0.1, 0.15) is 44.5 Å². The van der Waals surface area contributed by atoms with Crippen LogP contribution in [-0.2, 0) is 11.3 Å². The van der Waals surface area contributed by atoms with Crippen LogP contribution in [0.3, 0.4) is 0 Å². The summed E-state index contributed by atoms with van der Waals surface area (Å²) in [5.74, 6) is 2.08. The van der Waals surface area contributed by atoms with Crippen LogP contribution in [0.2, 0.25) is 0 Å². The minimum absolute atomic E-state index is 0.0884. The first-order valence-corrected chi connectivity index (χ1v) is 10.1. The number of para-hydroxylation sites is 3. The van der Waals surface area contributed by atoms with E-state index in [1.807, 2.05) is 41.3 Å². The fourth-order valence-electron chi connectivity index (χ4n) is 4.07. The molecule has 1 saturated heterocycles. The van der Waals surface area contributed by atoms with Crippen molar-refractivity contribution in [1.82, 2.24) is 14.5 Å². The highest BCUT2D eigenvalue weighted by molar-refractivity contribution is 5.77. The van der Waals surface area contributed by atoms with E-state index in [4.69, 9.17) is 9.72 Å². The third-order valence-electron chi connectivity index (χ3n) is 5.43. The molecule has 3 aromatic rings. The van der Waals surface area contributed by atoms with E-state index in [2.05, 4.69) is 22.8 Å². The van der Waals surface area contributed by atoms with Crippen LogP contribution in [0.5, 0.6) is 5.75 Å². The Morgan fingerprint density at radius 2 is 1.89 bits per heavy atom. The van der Waals surface area contributed by atoms with E-state index >= 15 is 0 Å². The number of hydrogen-bond donors (Lipinski definition) is 0. The second kappa shape index (κ2) is 8.46. The SMILES string of the molecule is CC(=O)N1CCC[C@H]1c1nc2ccccc2n1CCCCOc1ccccc1. The van der Waals surface area contributed by atoms with Gasteiger partial charge >= 0.3 is 0 Å². The molecular weight excluding hydrogens is 350 g/mol. The molecule has 1 aliphatic rings. The van der Waals surface area contributed by atoms with Gasteiger partial charge in [-0.1, -0.05) is 30.3 Å².